The Labute approximate surface area is 177 Å². The van der Waals surface area contributed by atoms with E-state index in [0.717, 1.165) is 5.56 Å². The van der Waals surface area contributed by atoms with Crippen molar-refractivity contribution >= 4 is 40.0 Å². The van der Waals surface area contributed by atoms with Crippen LogP contribution >= 0.6 is 23.4 Å². The molecule has 144 valence electrons. The van der Waals surface area contributed by atoms with E-state index in [1.807, 2.05) is 36.4 Å². The summed E-state index contributed by atoms with van der Waals surface area (Å²) in [6.07, 6.45) is 0. The Morgan fingerprint density at radius 1 is 1.00 bits per heavy atom. The lowest BCUT2D eigenvalue weighted by atomic mass is 10.0. The van der Waals surface area contributed by atoms with E-state index in [1.54, 1.807) is 48.0 Å². The molecule has 4 aromatic rings. The van der Waals surface area contributed by atoms with Gasteiger partial charge in [-0.1, -0.05) is 53.7 Å². The average molecular weight is 421 g/mol. The summed E-state index contributed by atoms with van der Waals surface area (Å²) >= 11 is 7.37. The number of thioether (sulfide) groups is 1. The van der Waals surface area contributed by atoms with Crippen molar-refractivity contribution in [3.05, 3.63) is 105 Å². The van der Waals surface area contributed by atoms with Crippen LogP contribution in [0.1, 0.15) is 21.5 Å². The fraction of sp³-hybridized carbons (Fsp3) is 0.0870. The minimum atomic E-state index is -0.0650. The molecule has 1 heterocycles. The van der Waals surface area contributed by atoms with Gasteiger partial charge in [-0.15, -0.1) is 0 Å². The summed E-state index contributed by atoms with van der Waals surface area (Å²) in [5.74, 6) is 0.546. The quantitative estimate of drug-likeness (QED) is 0.256. The molecule has 4 nitrogen and oxygen atoms in total. The number of para-hydroxylation sites is 1. The summed E-state index contributed by atoms with van der Waals surface area (Å²) in [5.41, 5.74) is 2.82. The van der Waals surface area contributed by atoms with Crippen molar-refractivity contribution in [2.24, 2.45) is 7.05 Å². The molecule has 0 aliphatic carbocycles. The summed E-state index contributed by atoms with van der Waals surface area (Å²) in [5, 5.41) is 1.85. The number of ketones is 1. The predicted octanol–water partition coefficient (Wildman–Crippen LogP) is 5.11. The molecule has 4 rings (SSSR count). The Kier molecular flexibility index (Phi) is 5.51. The summed E-state index contributed by atoms with van der Waals surface area (Å²) in [6, 6.07) is 21.7. The number of hydrogen-bond acceptors (Lipinski definition) is 4. The van der Waals surface area contributed by atoms with Crippen molar-refractivity contribution in [2.75, 3.05) is 0 Å². The molecule has 0 saturated heterocycles. The smallest absolute Gasteiger partial charge is 0.261 e. The van der Waals surface area contributed by atoms with Crippen molar-refractivity contribution in [2.45, 2.75) is 10.9 Å². The number of fused-ring (bicyclic) bond motifs is 1. The fourth-order valence-electron chi connectivity index (χ4n) is 3.04. The molecule has 0 unspecified atom stereocenters. The van der Waals surface area contributed by atoms with E-state index >= 15 is 0 Å². The summed E-state index contributed by atoms with van der Waals surface area (Å²) in [4.78, 5) is 29.9. The van der Waals surface area contributed by atoms with Gasteiger partial charge in [-0.3, -0.25) is 14.2 Å². The summed E-state index contributed by atoms with van der Waals surface area (Å²) < 4.78 is 1.57. The van der Waals surface area contributed by atoms with Crippen LogP contribution in [0.3, 0.4) is 0 Å². The number of hydrogen-bond donors (Lipinski definition) is 0. The van der Waals surface area contributed by atoms with Crippen molar-refractivity contribution in [1.29, 1.82) is 0 Å². The molecule has 1 aromatic heterocycles. The number of carbonyl (C=O) groups is 1. The molecule has 29 heavy (non-hydrogen) atoms. The molecule has 0 saturated carbocycles. The summed E-state index contributed by atoms with van der Waals surface area (Å²) in [7, 11) is 1.73. The Hall–Kier alpha value is -2.89. The highest BCUT2D eigenvalue weighted by Gasteiger charge is 2.11. The van der Waals surface area contributed by atoms with Crippen LogP contribution in [-0.2, 0) is 12.8 Å². The molecule has 3 aromatic carbocycles. The lowest BCUT2D eigenvalue weighted by Gasteiger charge is -2.09. The zero-order chi connectivity index (χ0) is 20.4. The third-order valence-electron chi connectivity index (χ3n) is 4.61. The monoisotopic (exact) mass is 420 g/mol. The van der Waals surface area contributed by atoms with Gasteiger partial charge in [-0.05, 0) is 48.0 Å². The second-order valence-corrected chi connectivity index (χ2v) is 7.98. The van der Waals surface area contributed by atoms with Gasteiger partial charge in [0, 0.05) is 29.0 Å². The molecule has 0 spiro atoms. The molecule has 0 aliphatic heterocycles. The Morgan fingerprint density at radius 2 is 1.76 bits per heavy atom. The van der Waals surface area contributed by atoms with E-state index in [2.05, 4.69) is 4.98 Å². The molecule has 6 heteroatoms. The van der Waals surface area contributed by atoms with Crippen molar-refractivity contribution in [3.8, 4) is 0 Å². The van der Waals surface area contributed by atoms with Gasteiger partial charge in [0.25, 0.3) is 5.56 Å². The van der Waals surface area contributed by atoms with Crippen LogP contribution in [0.4, 0.5) is 0 Å². The number of carbonyl (C=O) groups excluding carboxylic acids is 1. The molecule has 0 amide bonds. The average Bonchev–Trinajstić information content (AvgIpc) is 2.75. The molecule has 0 N–H and O–H groups in total. The molecular formula is C23H17ClN2O2S. The SMILES string of the molecule is Cn1c(SCc2cccc(C(=O)c3ccc(Cl)cc3)c2)nc2ccccc2c1=O. The van der Waals surface area contributed by atoms with Gasteiger partial charge in [0.2, 0.25) is 0 Å². The van der Waals surface area contributed by atoms with Crippen molar-refractivity contribution < 1.29 is 4.79 Å². The number of nitrogens with zero attached hydrogens (tertiary/aromatic N) is 2. The Balaban J connectivity index is 1.57. The standard InChI is InChI=1S/C23H17ClN2O2S/c1-26-22(28)19-7-2-3-8-20(19)25-23(26)29-14-15-5-4-6-17(13-15)21(27)16-9-11-18(24)12-10-16/h2-13H,14H2,1H3. The van der Waals surface area contributed by atoms with Gasteiger partial charge in [-0.25, -0.2) is 4.98 Å². The number of benzene rings is 3. The van der Waals surface area contributed by atoms with Gasteiger partial charge in [0.1, 0.15) is 0 Å². The van der Waals surface area contributed by atoms with E-state index in [0.29, 0.717) is 38.0 Å². The number of aromatic nitrogens is 2. The van der Waals surface area contributed by atoms with Gasteiger partial charge in [-0.2, -0.15) is 0 Å². The first kappa shape index (κ1) is 19.4. The van der Waals surface area contributed by atoms with Crippen molar-refractivity contribution in [3.63, 3.8) is 0 Å². The predicted molar refractivity (Wildman–Crippen MR) is 118 cm³/mol. The van der Waals surface area contributed by atoms with Gasteiger partial charge in [0.05, 0.1) is 10.9 Å². The molecule has 0 radical (unpaired) electrons. The highest BCUT2D eigenvalue weighted by Crippen LogP contribution is 2.23. The van der Waals surface area contributed by atoms with E-state index in [4.69, 9.17) is 11.6 Å². The zero-order valence-electron chi connectivity index (χ0n) is 15.6. The molecule has 0 bridgehead atoms. The lowest BCUT2D eigenvalue weighted by molar-refractivity contribution is 0.103. The Morgan fingerprint density at radius 3 is 2.55 bits per heavy atom. The van der Waals surface area contributed by atoms with Crippen LogP contribution in [0.5, 0.6) is 0 Å². The second kappa shape index (κ2) is 8.23. The topological polar surface area (TPSA) is 52.0 Å². The Bertz CT molecular complexity index is 1270. The number of halogens is 1. The third kappa shape index (κ3) is 4.11. The first-order valence-corrected chi connectivity index (χ1v) is 10.4. The van der Waals surface area contributed by atoms with Crippen LogP contribution in [-0.4, -0.2) is 15.3 Å². The fourth-order valence-corrected chi connectivity index (χ4v) is 4.09. The highest BCUT2D eigenvalue weighted by atomic mass is 35.5. The molecule has 0 aliphatic rings. The van der Waals surface area contributed by atoms with E-state index < -0.39 is 0 Å². The summed E-state index contributed by atoms with van der Waals surface area (Å²) in [6.45, 7) is 0. The zero-order valence-corrected chi connectivity index (χ0v) is 17.2. The largest absolute Gasteiger partial charge is 0.290 e. The molecule has 0 fully saturated rings. The van der Waals surface area contributed by atoms with Gasteiger partial charge < -0.3 is 0 Å². The maximum atomic E-state index is 12.7. The first-order valence-electron chi connectivity index (χ1n) is 9.01. The van der Waals surface area contributed by atoms with E-state index in [-0.39, 0.29) is 11.3 Å². The maximum absolute atomic E-state index is 12.7. The van der Waals surface area contributed by atoms with Crippen LogP contribution in [0.25, 0.3) is 10.9 Å². The van der Waals surface area contributed by atoms with E-state index in [1.165, 1.54) is 11.8 Å². The van der Waals surface area contributed by atoms with E-state index in [9.17, 15) is 9.59 Å². The number of rotatable bonds is 5. The van der Waals surface area contributed by atoms with Gasteiger partial charge >= 0.3 is 0 Å². The second-order valence-electron chi connectivity index (χ2n) is 6.60. The normalized spacial score (nSPS) is 11.0. The third-order valence-corrected chi connectivity index (χ3v) is 5.96. The van der Waals surface area contributed by atoms with Crippen LogP contribution < -0.4 is 5.56 Å². The van der Waals surface area contributed by atoms with Crippen LogP contribution in [0.2, 0.25) is 5.02 Å². The highest BCUT2D eigenvalue weighted by molar-refractivity contribution is 7.98. The minimum absolute atomic E-state index is 0.0512. The van der Waals surface area contributed by atoms with Crippen LogP contribution in [0, 0.1) is 0 Å². The first-order chi connectivity index (χ1) is 14.0. The van der Waals surface area contributed by atoms with Crippen molar-refractivity contribution in [1.82, 2.24) is 9.55 Å². The lowest BCUT2D eigenvalue weighted by Crippen LogP contribution is -2.19. The van der Waals surface area contributed by atoms with Gasteiger partial charge in [0.15, 0.2) is 10.9 Å². The minimum Gasteiger partial charge on any atom is -0.290 e. The molecular weight excluding hydrogens is 404 g/mol. The molecule has 0 atom stereocenters. The maximum Gasteiger partial charge on any atom is 0.261 e. The van der Waals surface area contributed by atoms with Crippen LogP contribution in [0.15, 0.2) is 82.7 Å².